The molecule has 0 spiro atoms. The van der Waals surface area contributed by atoms with Crippen molar-refractivity contribution in [2.45, 2.75) is 19.4 Å². The molecule has 8 heteroatoms. The standard InChI is InChI=1S/C13H20N4O3S/c1-9(6-7-21-3)16(2)13(18)11-8-10(17(19)20)4-5-12(11)15-14/h4-5,8-9,15H,6-7,14H2,1-3H3. The first-order valence-corrected chi connectivity index (χ1v) is 7.82. The van der Waals surface area contributed by atoms with Gasteiger partial charge in [-0.15, -0.1) is 0 Å². The number of hydrogen-bond donors (Lipinski definition) is 2. The second-order valence-corrected chi connectivity index (χ2v) is 5.66. The lowest BCUT2D eigenvalue weighted by Crippen LogP contribution is -2.36. The number of rotatable bonds is 7. The van der Waals surface area contributed by atoms with Gasteiger partial charge in [-0.2, -0.15) is 11.8 Å². The molecule has 0 fully saturated rings. The number of non-ortho nitro benzene ring substituents is 1. The van der Waals surface area contributed by atoms with E-state index >= 15 is 0 Å². The quantitative estimate of drug-likeness (QED) is 0.454. The molecule has 0 aliphatic heterocycles. The zero-order chi connectivity index (χ0) is 16.0. The SMILES string of the molecule is CSCCC(C)N(C)C(=O)c1cc([N+](=O)[O-])ccc1NN. The number of carbonyl (C=O) groups is 1. The highest BCUT2D eigenvalue weighted by atomic mass is 32.2. The summed E-state index contributed by atoms with van der Waals surface area (Å²) in [5.41, 5.74) is 2.84. The Hall–Kier alpha value is -1.80. The maximum atomic E-state index is 12.5. The molecule has 0 aromatic heterocycles. The van der Waals surface area contributed by atoms with Crippen molar-refractivity contribution in [2.24, 2.45) is 5.84 Å². The minimum atomic E-state index is -0.534. The van der Waals surface area contributed by atoms with Gasteiger partial charge in [-0.25, -0.2) is 0 Å². The van der Waals surface area contributed by atoms with Crippen LogP contribution >= 0.6 is 11.8 Å². The zero-order valence-electron chi connectivity index (χ0n) is 12.3. The predicted molar refractivity (Wildman–Crippen MR) is 85.5 cm³/mol. The smallest absolute Gasteiger partial charge is 0.270 e. The number of hydrogen-bond acceptors (Lipinski definition) is 6. The fourth-order valence-corrected chi connectivity index (χ4v) is 2.40. The summed E-state index contributed by atoms with van der Waals surface area (Å²) in [6.45, 7) is 1.95. The Bertz CT molecular complexity index is 524. The number of nitro benzene ring substituents is 1. The molecule has 1 amide bonds. The summed E-state index contributed by atoms with van der Waals surface area (Å²) in [7, 11) is 1.69. The molecule has 1 aromatic carbocycles. The van der Waals surface area contributed by atoms with Crippen LogP contribution in [0.5, 0.6) is 0 Å². The first-order chi connectivity index (χ1) is 9.92. The van der Waals surface area contributed by atoms with Crippen LogP contribution in [-0.2, 0) is 0 Å². The molecule has 1 rings (SSSR count). The zero-order valence-corrected chi connectivity index (χ0v) is 13.1. The van der Waals surface area contributed by atoms with E-state index in [0.29, 0.717) is 5.69 Å². The normalized spacial score (nSPS) is 11.8. The van der Waals surface area contributed by atoms with Crippen molar-refractivity contribution in [1.82, 2.24) is 4.90 Å². The first-order valence-electron chi connectivity index (χ1n) is 6.43. The summed E-state index contributed by atoms with van der Waals surface area (Å²) in [5, 5.41) is 10.8. The lowest BCUT2D eigenvalue weighted by Gasteiger charge is -2.25. The molecule has 21 heavy (non-hydrogen) atoms. The van der Waals surface area contributed by atoms with E-state index in [1.165, 1.54) is 18.2 Å². The Morgan fingerprint density at radius 1 is 1.57 bits per heavy atom. The molecule has 0 aliphatic rings. The third kappa shape index (κ3) is 4.33. The van der Waals surface area contributed by atoms with Gasteiger partial charge in [-0.3, -0.25) is 20.8 Å². The molecule has 1 aromatic rings. The van der Waals surface area contributed by atoms with Gasteiger partial charge in [-0.1, -0.05) is 0 Å². The molecule has 0 saturated heterocycles. The van der Waals surface area contributed by atoms with E-state index in [1.54, 1.807) is 23.7 Å². The topological polar surface area (TPSA) is 102 Å². The predicted octanol–water partition coefficient (Wildman–Crippen LogP) is 2.09. The van der Waals surface area contributed by atoms with Gasteiger partial charge in [0.2, 0.25) is 0 Å². The van der Waals surface area contributed by atoms with Gasteiger partial charge in [-0.05, 0) is 31.4 Å². The van der Waals surface area contributed by atoms with Gasteiger partial charge < -0.3 is 10.3 Å². The Balaban J connectivity index is 3.04. The number of hydrazine groups is 1. The van der Waals surface area contributed by atoms with Gasteiger partial charge in [0.25, 0.3) is 11.6 Å². The molecule has 1 unspecified atom stereocenters. The Morgan fingerprint density at radius 2 is 2.24 bits per heavy atom. The van der Waals surface area contributed by atoms with Crippen LogP contribution in [0.3, 0.4) is 0 Å². The number of thioether (sulfide) groups is 1. The van der Waals surface area contributed by atoms with Crippen LogP contribution in [0.1, 0.15) is 23.7 Å². The summed E-state index contributed by atoms with van der Waals surface area (Å²) < 4.78 is 0. The third-order valence-electron chi connectivity index (χ3n) is 3.32. The molecular formula is C13H20N4O3S. The van der Waals surface area contributed by atoms with Crippen molar-refractivity contribution in [2.75, 3.05) is 24.5 Å². The van der Waals surface area contributed by atoms with E-state index in [1.807, 2.05) is 13.2 Å². The maximum Gasteiger partial charge on any atom is 0.270 e. The van der Waals surface area contributed by atoms with Crippen molar-refractivity contribution >= 4 is 29.0 Å². The van der Waals surface area contributed by atoms with Crippen LogP contribution in [0.15, 0.2) is 18.2 Å². The van der Waals surface area contributed by atoms with Crippen LogP contribution in [-0.4, -0.2) is 40.8 Å². The number of nitrogen functional groups attached to an aromatic ring is 1. The first kappa shape index (κ1) is 17.3. The Labute approximate surface area is 128 Å². The number of carbonyl (C=O) groups excluding carboxylic acids is 1. The Morgan fingerprint density at radius 3 is 2.76 bits per heavy atom. The second kappa shape index (κ2) is 7.84. The average molecular weight is 312 g/mol. The van der Waals surface area contributed by atoms with Crippen molar-refractivity contribution in [3.8, 4) is 0 Å². The molecule has 1 atom stereocenters. The van der Waals surface area contributed by atoms with Gasteiger partial charge >= 0.3 is 0 Å². The summed E-state index contributed by atoms with van der Waals surface area (Å²) >= 11 is 1.71. The van der Waals surface area contributed by atoms with E-state index < -0.39 is 4.92 Å². The lowest BCUT2D eigenvalue weighted by molar-refractivity contribution is -0.384. The summed E-state index contributed by atoms with van der Waals surface area (Å²) in [4.78, 5) is 24.4. The van der Waals surface area contributed by atoms with Crippen LogP contribution in [0.2, 0.25) is 0 Å². The number of benzene rings is 1. The van der Waals surface area contributed by atoms with Crippen molar-refractivity contribution in [3.63, 3.8) is 0 Å². The fourth-order valence-electron chi connectivity index (χ4n) is 1.82. The molecule has 0 heterocycles. The van der Waals surface area contributed by atoms with E-state index in [-0.39, 0.29) is 23.2 Å². The monoisotopic (exact) mass is 312 g/mol. The summed E-state index contributed by atoms with van der Waals surface area (Å²) in [6, 6.07) is 4.03. The minimum absolute atomic E-state index is 0.0369. The number of nitrogens with two attached hydrogens (primary N) is 1. The molecular weight excluding hydrogens is 292 g/mol. The van der Waals surface area contributed by atoms with Gasteiger partial charge in [0, 0.05) is 25.2 Å². The molecule has 0 saturated carbocycles. The number of nitrogens with one attached hydrogen (secondary N) is 1. The highest BCUT2D eigenvalue weighted by molar-refractivity contribution is 7.98. The maximum absolute atomic E-state index is 12.5. The van der Waals surface area contributed by atoms with Gasteiger partial charge in [0.15, 0.2) is 0 Å². The molecule has 0 aliphatic carbocycles. The van der Waals surface area contributed by atoms with E-state index in [2.05, 4.69) is 5.43 Å². The molecule has 116 valence electrons. The number of amides is 1. The van der Waals surface area contributed by atoms with Gasteiger partial charge in [0.1, 0.15) is 0 Å². The van der Waals surface area contributed by atoms with E-state index in [0.717, 1.165) is 12.2 Å². The van der Waals surface area contributed by atoms with Crippen molar-refractivity contribution in [1.29, 1.82) is 0 Å². The lowest BCUT2D eigenvalue weighted by atomic mass is 10.1. The third-order valence-corrected chi connectivity index (χ3v) is 3.97. The minimum Gasteiger partial charge on any atom is -0.339 e. The van der Waals surface area contributed by atoms with Crippen LogP contribution in [0.4, 0.5) is 11.4 Å². The van der Waals surface area contributed by atoms with E-state index in [9.17, 15) is 14.9 Å². The van der Waals surface area contributed by atoms with Crippen LogP contribution in [0, 0.1) is 10.1 Å². The summed E-state index contributed by atoms with van der Waals surface area (Å²) in [6.07, 6.45) is 2.86. The van der Waals surface area contributed by atoms with Crippen molar-refractivity contribution < 1.29 is 9.72 Å². The summed E-state index contributed by atoms with van der Waals surface area (Å²) in [5.74, 6) is 6.03. The highest BCUT2D eigenvalue weighted by Crippen LogP contribution is 2.23. The van der Waals surface area contributed by atoms with Crippen LogP contribution < -0.4 is 11.3 Å². The molecule has 0 bridgehead atoms. The highest BCUT2D eigenvalue weighted by Gasteiger charge is 2.22. The number of nitrogens with zero attached hydrogens (tertiary/aromatic N) is 2. The molecule has 0 radical (unpaired) electrons. The number of anilines is 1. The molecule has 7 nitrogen and oxygen atoms in total. The fraction of sp³-hybridized carbons (Fsp3) is 0.462. The van der Waals surface area contributed by atoms with E-state index in [4.69, 9.17) is 5.84 Å². The second-order valence-electron chi connectivity index (χ2n) is 4.68. The largest absolute Gasteiger partial charge is 0.339 e. The van der Waals surface area contributed by atoms with Gasteiger partial charge in [0.05, 0.1) is 16.2 Å². The Kier molecular flexibility index (Phi) is 6.44. The average Bonchev–Trinajstić information content (AvgIpc) is 2.50. The van der Waals surface area contributed by atoms with Crippen molar-refractivity contribution in [3.05, 3.63) is 33.9 Å². The molecule has 3 N–H and O–H groups in total. The van der Waals surface area contributed by atoms with Crippen LogP contribution in [0.25, 0.3) is 0 Å². The number of nitro groups is 1.